The average Bonchev–Trinajstić information content (AvgIpc) is 2.51. The maximum atomic E-state index is 12.9. The van der Waals surface area contributed by atoms with Crippen LogP contribution in [-0.4, -0.2) is 23.4 Å². The molecule has 1 fully saturated rings. The first-order valence-electron chi connectivity index (χ1n) is 9.30. The zero-order chi connectivity index (χ0) is 17.8. The monoisotopic (exact) mass is 319 g/mol. The number of carbonyl (C=O) groups is 1. The molecule has 4 atom stereocenters. The van der Waals surface area contributed by atoms with E-state index in [9.17, 15) is 4.79 Å². The molecule has 3 unspecified atom stereocenters. The van der Waals surface area contributed by atoms with Gasteiger partial charge in [0.15, 0.2) is 0 Å². The largest absolute Gasteiger partial charge is 0.337 e. The third-order valence-corrected chi connectivity index (χ3v) is 6.37. The van der Waals surface area contributed by atoms with Crippen LogP contribution in [0.25, 0.3) is 0 Å². The Morgan fingerprint density at radius 1 is 1.22 bits per heavy atom. The molecule has 0 spiro atoms. The van der Waals surface area contributed by atoms with Crippen molar-refractivity contribution in [2.45, 2.75) is 72.8 Å². The molecule has 1 amide bonds. The highest BCUT2D eigenvalue weighted by Crippen LogP contribution is 2.45. The lowest BCUT2D eigenvalue weighted by atomic mass is 9.62. The maximum Gasteiger partial charge on any atom is 0.249 e. The minimum Gasteiger partial charge on any atom is -0.337 e. The molecule has 2 nitrogen and oxygen atoms in total. The second-order valence-corrected chi connectivity index (χ2v) is 8.00. The predicted octanol–water partition coefficient (Wildman–Crippen LogP) is 5.45. The third kappa shape index (κ3) is 4.28. The summed E-state index contributed by atoms with van der Waals surface area (Å²) in [5.74, 6) is 2.95. The van der Waals surface area contributed by atoms with Crippen LogP contribution in [0.5, 0.6) is 0 Å². The first-order valence-corrected chi connectivity index (χ1v) is 9.30. The predicted molar refractivity (Wildman–Crippen MR) is 100 cm³/mol. The Bertz CT molecular complexity index is 449. The Morgan fingerprint density at radius 3 is 2.30 bits per heavy atom. The normalized spacial score (nSPS) is 29.3. The van der Waals surface area contributed by atoms with E-state index in [1.807, 2.05) is 24.9 Å². The fourth-order valence-electron chi connectivity index (χ4n) is 4.50. The van der Waals surface area contributed by atoms with Gasteiger partial charge in [0.25, 0.3) is 0 Å². The fourth-order valence-corrected chi connectivity index (χ4v) is 4.50. The van der Waals surface area contributed by atoms with Gasteiger partial charge in [0.1, 0.15) is 0 Å². The van der Waals surface area contributed by atoms with Crippen LogP contribution in [0.4, 0.5) is 0 Å². The summed E-state index contributed by atoms with van der Waals surface area (Å²) in [7, 11) is 1.97. The molecular weight excluding hydrogens is 282 g/mol. The van der Waals surface area contributed by atoms with Crippen LogP contribution < -0.4 is 0 Å². The zero-order valence-corrected chi connectivity index (χ0v) is 16.4. The van der Waals surface area contributed by atoms with Gasteiger partial charge < -0.3 is 4.90 Å². The van der Waals surface area contributed by atoms with E-state index >= 15 is 0 Å². The summed E-state index contributed by atoms with van der Waals surface area (Å²) in [6.45, 7) is 17.3. The molecule has 1 saturated carbocycles. The molecule has 0 bridgehead atoms. The zero-order valence-electron chi connectivity index (χ0n) is 16.4. The van der Waals surface area contributed by atoms with E-state index < -0.39 is 0 Å². The Kier molecular flexibility index (Phi) is 7.10. The number of rotatable bonds is 6. The minimum absolute atomic E-state index is 0.126. The lowest BCUT2D eigenvalue weighted by molar-refractivity contribution is -0.134. The van der Waals surface area contributed by atoms with E-state index in [0.29, 0.717) is 11.8 Å². The van der Waals surface area contributed by atoms with Crippen LogP contribution >= 0.6 is 0 Å². The molecule has 23 heavy (non-hydrogen) atoms. The van der Waals surface area contributed by atoms with Crippen LogP contribution in [0.1, 0.15) is 67.2 Å². The van der Waals surface area contributed by atoms with Gasteiger partial charge in [0.05, 0.1) is 0 Å². The van der Waals surface area contributed by atoms with Gasteiger partial charge in [-0.15, -0.1) is 0 Å². The van der Waals surface area contributed by atoms with Crippen molar-refractivity contribution in [1.82, 2.24) is 4.90 Å². The summed E-state index contributed by atoms with van der Waals surface area (Å²) in [5, 5.41) is 0. The molecule has 2 heteroatoms. The summed E-state index contributed by atoms with van der Waals surface area (Å²) < 4.78 is 0. The summed E-state index contributed by atoms with van der Waals surface area (Å²) in [6, 6.07) is 0. The van der Waals surface area contributed by atoms with Gasteiger partial charge in [-0.25, -0.2) is 0 Å². The molecule has 132 valence electrons. The number of hydrogen-bond donors (Lipinski definition) is 0. The van der Waals surface area contributed by atoms with Crippen LogP contribution in [0.3, 0.4) is 0 Å². The molecule has 1 aliphatic rings. The lowest BCUT2D eigenvalue weighted by Crippen LogP contribution is -2.54. The van der Waals surface area contributed by atoms with Crippen LogP contribution in [0.15, 0.2) is 24.3 Å². The van der Waals surface area contributed by atoms with Gasteiger partial charge >= 0.3 is 0 Å². The van der Waals surface area contributed by atoms with Gasteiger partial charge in [0.2, 0.25) is 5.91 Å². The van der Waals surface area contributed by atoms with Crippen LogP contribution in [0.2, 0.25) is 0 Å². The summed E-state index contributed by atoms with van der Waals surface area (Å²) in [4.78, 5) is 14.9. The van der Waals surface area contributed by atoms with Crippen LogP contribution in [0, 0.1) is 23.7 Å². The van der Waals surface area contributed by atoms with E-state index in [2.05, 4.69) is 41.2 Å². The Labute approximate surface area is 144 Å². The van der Waals surface area contributed by atoms with Gasteiger partial charge in [-0.1, -0.05) is 52.8 Å². The highest BCUT2D eigenvalue weighted by molar-refractivity contribution is 5.94. The maximum absolute atomic E-state index is 12.9. The van der Waals surface area contributed by atoms with E-state index in [0.717, 1.165) is 23.8 Å². The molecule has 0 aliphatic heterocycles. The highest BCUT2D eigenvalue weighted by Gasteiger charge is 2.43. The standard InChI is InChI=1S/C21H37NO/c1-9-12-17(10-2)20(23)22(8)21(6,7)19-14-18(11-3)15(4)13-16(19)5/h9,12,15-16,18-19H,1,10-11,13-14H2,2-8H3/b17-12+/t15?,16-,18?,19?/m1/s1. The number of amides is 1. The smallest absolute Gasteiger partial charge is 0.249 e. The van der Waals surface area contributed by atoms with Gasteiger partial charge in [0, 0.05) is 18.2 Å². The van der Waals surface area contributed by atoms with Crippen LogP contribution in [-0.2, 0) is 4.79 Å². The topological polar surface area (TPSA) is 20.3 Å². The second-order valence-electron chi connectivity index (χ2n) is 8.00. The molecule has 0 N–H and O–H groups in total. The molecule has 0 aromatic heterocycles. The van der Waals surface area contributed by atoms with Gasteiger partial charge in [-0.05, 0) is 56.8 Å². The Balaban J connectivity index is 3.01. The summed E-state index contributed by atoms with van der Waals surface area (Å²) in [5.41, 5.74) is 0.721. The molecular formula is C21H37NO. The quantitative estimate of drug-likeness (QED) is 0.470. The van der Waals surface area contributed by atoms with E-state index in [4.69, 9.17) is 0 Å². The number of allylic oxidation sites excluding steroid dienone is 2. The van der Waals surface area contributed by atoms with Crippen molar-refractivity contribution in [2.75, 3.05) is 7.05 Å². The first kappa shape index (κ1) is 20.0. The van der Waals surface area contributed by atoms with Gasteiger partial charge in [-0.2, -0.15) is 0 Å². The van der Waals surface area contributed by atoms with Crippen molar-refractivity contribution in [3.05, 3.63) is 24.3 Å². The second kappa shape index (κ2) is 8.17. The van der Waals surface area contributed by atoms with Crippen molar-refractivity contribution >= 4 is 5.91 Å². The van der Waals surface area contributed by atoms with Crippen molar-refractivity contribution in [2.24, 2.45) is 23.7 Å². The van der Waals surface area contributed by atoms with Gasteiger partial charge in [-0.3, -0.25) is 4.79 Å². The third-order valence-electron chi connectivity index (χ3n) is 6.37. The highest BCUT2D eigenvalue weighted by atomic mass is 16.2. The van der Waals surface area contributed by atoms with E-state index in [-0.39, 0.29) is 11.4 Å². The fraction of sp³-hybridized carbons (Fsp3) is 0.762. The van der Waals surface area contributed by atoms with E-state index in [1.165, 1.54) is 19.3 Å². The van der Waals surface area contributed by atoms with E-state index in [1.54, 1.807) is 6.08 Å². The Morgan fingerprint density at radius 2 is 1.83 bits per heavy atom. The van der Waals surface area contributed by atoms with Crippen molar-refractivity contribution in [1.29, 1.82) is 0 Å². The Hall–Kier alpha value is -1.05. The molecule has 1 rings (SSSR count). The molecule has 0 aromatic carbocycles. The first-order chi connectivity index (χ1) is 10.7. The summed E-state index contributed by atoms with van der Waals surface area (Å²) in [6.07, 6.45) is 8.08. The van der Waals surface area contributed by atoms with Crippen molar-refractivity contribution in [3.63, 3.8) is 0 Å². The minimum atomic E-state index is -0.126. The molecule has 0 saturated heterocycles. The molecule has 0 heterocycles. The number of likely N-dealkylation sites (N-methyl/N-ethyl adjacent to an activating group) is 1. The lowest BCUT2D eigenvalue weighted by Gasteiger charge is -2.50. The SMILES string of the molecule is C=C/C=C(\CC)C(=O)N(C)C(C)(C)C1CC(CC)C(C)C[C@H]1C. The molecule has 0 radical (unpaired) electrons. The molecule has 0 aromatic rings. The molecule has 1 aliphatic carbocycles. The van der Waals surface area contributed by atoms with Crippen molar-refractivity contribution in [3.8, 4) is 0 Å². The number of hydrogen-bond acceptors (Lipinski definition) is 1. The van der Waals surface area contributed by atoms with Crippen molar-refractivity contribution < 1.29 is 4.79 Å². The number of carbonyl (C=O) groups excluding carboxylic acids is 1. The number of nitrogens with zero attached hydrogens (tertiary/aromatic N) is 1. The summed E-state index contributed by atoms with van der Waals surface area (Å²) >= 11 is 0. The average molecular weight is 320 g/mol.